The van der Waals surface area contributed by atoms with Crippen molar-refractivity contribution in [2.75, 3.05) is 36.5 Å². The topological polar surface area (TPSA) is 61.9 Å². The summed E-state index contributed by atoms with van der Waals surface area (Å²) in [6.45, 7) is 6.59. The molecule has 0 saturated carbocycles. The maximum atomic E-state index is 13.2. The van der Waals surface area contributed by atoms with Crippen LogP contribution < -0.4 is 10.2 Å². The molecule has 0 aliphatic carbocycles. The molecule has 0 radical (unpaired) electrons. The second-order valence-electron chi connectivity index (χ2n) is 8.19. The summed E-state index contributed by atoms with van der Waals surface area (Å²) in [5.41, 5.74) is 1.55. The van der Waals surface area contributed by atoms with E-state index in [1.807, 2.05) is 24.3 Å². The number of β-lactam (4-membered cyclic amide) rings is 1. The average molecular weight is 411 g/mol. The molecule has 6 nitrogen and oxygen atoms in total. The fourth-order valence-corrected chi connectivity index (χ4v) is 4.04. The first-order valence-electron chi connectivity index (χ1n) is 10.2. The number of amides is 2. The van der Waals surface area contributed by atoms with Gasteiger partial charge in [-0.05, 0) is 55.8 Å². The van der Waals surface area contributed by atoms with Crippen LogP contribution in [0.5, 0.6) is 0 Å². The van der Waals surface area contributed by atoms with Gasteiger partial charge in [0, 0.05) is 24.5 Å². The summed E-state index contributed by atoms with van der Waals surface area (Å²) in [5, 5.41) is 2.93. The van der Waals surface area contributed by atoms with Crippen LogP contribution in [-0.4, -0.2) is 48.6 Å². The van der Waals surface area contributed by atoms with E-state index in [9.17, 15) is 14.0 Å². The van der Waals surface area contributed by atoms with Crippen LogP contribution in [0.3, 0.4) is 0 Å². The highest BCUT2D eigenvalue weighted by molar-refractivity contribution is 6.01. The second kappa shape index (κ2) is 8.07. The van der Waals surface area contributed by atoms with Crippen LogP contribution in [0.2, 0.25) is 0 Å². The predicted octanol–water partition coefficient (Wildman–Crippen LogP) is 3.35. The van der Waals surface area contributed by atoms with Crippen molar-refractivity contribution < 1.29 is 18.7 Å². The lowest BCUT2D eigenvalue weighted by Gasteiger charge is -2.49. The van der Waals surface area contributed by atoms with E-state index in [-0.39, 0.29) is 23.7 Å². The number of anilines is 2. The van der Waals surface area contributed by atoms with Gasteiger partial charge < -0.3 is 19.9 Å². The third-order valence-corrected chi connectivity index (χ3v) is 5.86. The Balaban J connectivity index is 1.45. The van der Waals surface area contributed by atoms with Crippen molar-refractivity contribution in [3.05, 3.63) is 59.9 Å². The first-order chi connectivity index (χ1) is 14.4. The Kier molecular flexibility index (Phi) is 5.47. The monoisotopic (exact) mass is 411 g/mol. The van der Waals surface area contributed by atoms with Crippen molar-refractivity contribution in [3.8, 4) is 0 Å². The average Bonchev–Trinajstić information content (AvgIpc) is 2.73. The van der Waals surface area contributed by atoms with E-state index in [0.29, 0.717) is 25.3 Å². The lowest BCUT2D eigenvalue weighted by Crippen LogP contribution is -2.62. The largest absolute Gasteiger partial charge is 0.378 e. The molecule has 30 heavy (non-hydrogen) atoms. The summed E-state index contributed by atoms with van der Waals surface area (Å²) in [7, 11) is 0. The Labute approximate surface area is 175 Å². The molecule has 1 atom stereocenters. The van der Waals surface area contributed by atoms with Crippen molar-refractivity contribution in [1.82, 2.24) is 4.90 Å². The van der Waals surface area contributed by atoms with Crippen LogP contribution in [0, 0.1) is 5.82 Å². The zero-order valence-electron chi connectivity index (χ0n) is 17.2. The smallest absolute Gasteiger partial charge is 0.249 e. The van der Waals surface area contributed by atoms with Crippen molar-refractivity contribution >= 4 is 23.2 Å². The third kappa shape index (κ3) is 3.89. The maximum Gasteiger partial charge on any atom is 0.249 e. The van der Waals surface area contributed by atoms with Crippen molar-refractivity contribution in [2.45, 2.75) is 31.8 Å². The SMILES string of the molecule is CC(C)(C(=O)Nc1ccc(N2CCOCC2)cc1)N1C(=O)CC1c1ccc(F)cc1. The molecular weight excluding hydrogens is 385 g/mol. The summed E-state index contributed by atoms with van der Waals surface area (Å²) in [5.74, 6) is -0.678. The van der Waals surface area contributed by atoms with E-state index in [4.69, 9.17) is 4.74 Å². The molecule has 2 aromatic rings. The number of halogens is 1. The summed E-state index contributed by atoms with van der Waals surface area (Å²) in [6, 6.07) is 13.5. The Morgan fingerprint density at radius 3 is 2.30 bits per heavy atom. The number of rotatable bonds is 5. The highest BCUT2D eigenvalue weighted by Gasteiger charge is 2.49. The maximum absolute atomic E-state index is 13.2. The van der Waals surface area contributed by atoms with Gasteiger partial charge in [0.15, 0.2) is 0 Å². The van der Waals surface area contributed by atoms with Crippen LogP contribution in [-0.2, 0) is 14.3 Å². The van der Waals surface area contributed by atoms with E-state index in [0.717, 1.165) is 24.3 Å². The minimum Gasteiger partial charge on any atom is -0.378 e. The summed E-state index contributed by atoms with van der Waals surface area (Å²) in [6.07, 6.45) is 0.316. The Morgan fingerprint density at radius 1 is 1.07 bits per heavy atom. The Hall–Kier alpha value is -2.93. The van der Waals surface area contributed by atoms with Crippen molar-refractivity contribution in [3.63, 3.8) is 0 Å². The number of ether oxygens (including phenoxy) is 1. The first kappa shape index (κ1) is 20.3. The van der Waals surface area contributed by atoms with E-state index in [1.165, 1.54) is 12.1 Å². The molecule has 2 amide bonds. The quantitative estimate of drug-likeness (QED) is 0.767. The van der Waals surface area contributed by atoms with Crippen LogP contribution >= 0.6 is 0 Å². The van der Waals surface area contributed by atoms with Crippen LogP contribution in [0.1, 0.15) is 31.9 Å². The highest BCUT2D eigenvalue weighted by atomic mass is 19.1. The summed E-state index contributed by atoms with van der Waals surface area (Å²) < 4.78 is 18.6. The Morgan fingerprint density at radius 2 is 1.70 bits per heavy atom. The molecule has 2 heterocycles. The number of likely N-dealkylation sites (tertiary alicyclic amines) is 1. The Bertz CT molecular complexity index is 922. The molecule has 0 bridgehead atoms. The minimum atomic E-state index is -1.04. The van der Waals surface area contributed by atoms with Gasteiger partial charge in [0.1, 0.15) is 11.4 Å². The minimum absolute atomic E-state index is 0.0906. The van der Waals surface area contributed by atoms with Gasteiger partial charge >= 0.3 is 0 Å². The van der Waals surface area contributed by atoms with Crippen molar-refractivity contribution in [2.24, 2.45) is 0 Å². The van der Waals surface area contributed by atoms with E-state index in [1.54, 1.807) is 30.9 Å². The third-order valence-electron chi connectivity index (χ3n) is 5.86. The number of nitrogens with one attached hydrogen (secondary N) is 1. The number of carbonyl (C=O) groups is 2. The van der Waals surface area contributed by atoms with E-state index < -0.39 is 5.54 Å². The van der Waals surface area contributed by atoms with Gasteiger partial charge in [-0.15, -0.1) is 0 Å². The number of hydrogen-bond acceptors (Lipinski definition) is 4. The second-order valence-corrected chi connectivity index (χ2v) is 8.19. The summed E-state index contributed by atoms with van der Waals surface area (Å²) in [4.78, 5) is 29.2. The lowest BCUT2D eigenvalue weighted by atomic mass is 9.86. The first-order valence-corrected chi connectivity index (χ1v) is 10.2. The molecule has 158 valence electrons. The fourth-order valence-electron chi connectivity index (χ4n) is 4.04. The number of carbonyl (C=O) groups excluding carboxylic acids is 2. The standard InChI is InChI=1S/C23H26FN3O3/c1-23(2,27-20(15-21(27)28)16-3-5-17(24)6-4-16)22(29)25-18-7-9-19(10-8-18)26-11-13-30-14-12-26/h3-10,20H,11-15H2,1-2H3,(H,25,29). The van der Waals surface area contributed by atoms with Crippen LogP contribution in [0.25, 0.3) is 0 Å². The predicted molar refractivity (Wildman–Crippen MR) is 113 cm³/mol. The normalized spacial score (nSPS) is 19.4. The molecule has 0 spiro atoms. The van der Waals surface area contributed by atoms with Gasteiger partial charge in [0.2, 0.25) is 11.8 Å². The summed E-state index contributed by atoms with van der Waals surface area (Å²) >= 11 is 0. The zero-order chi connectivity index (χ0) is 21.3. The molecule has 2 aliphatic rings. The molecule has 4 rings (SSSR count). The van der Waals surface area contributed by atoms with E-state index >= 15 is 0 Å². The van der Waals surface area contributed by atoms with Crippen molar-refractivity contribution in [1.29, 1.82) is 0 Å². The molecular formula is C23H26FN3O3. The van der Waals surface area contributed by atoms with Crippen LogP contribution in [0.15, 0.2) is 48.5 Å². The van der Waals surface area contributed by atoms with Gasteiger partial charge in [0.25, 0.3) is 0 Å². The molecule has 0 aromatic heterocycles. The molecule has 2 saturated heterocycles. The van der Waals surface area contributed by atoms with Gasteiger partial charge in [-0.1, -0.05) is 12.1 Å². The molecule has 2 aliphatic heterocycles. The van der Waals surface area contributed by atoms with Gasteiger partial charge in [-0.3, -0.25) is 9.59 Å². The zero-order valence-corrected chi connectivity index (χ0v) is 17.2. The highest BCUT2D eigenvalue weighted by Crippen LogP contribution is 2.40. The number of benzene rings is 2. The molecule has 7 heteroatoms. The molecule has 2 aromatic carbocycles. The molecule has 1 N–H and O–H groups in total. The van der Waals surface area contributed by atoms with Gasteiger partial charge in [0.05, 0.1) is 25.7 Å². The number of morpholine rings is 1. The molecule has 2 fully saturated rings. The van der Waals surface area contributed by atoms with Gasteiger partial charge in [-0.25, -0.2) is 4.39 Å². The fraction of sp³-hybridized carbons (Fsp3) is 0.391. The lowest BCUT2D eigenvalue weighted by molar-refractivity contribution is -0.160. The number of nitrogens with zero attached hydrogens (tertiary/aromatic N) is 2. The number of hydrogen-bond donors (Lipinski definition) is 1. The molecule has 1 unspecified atom stereocenters. The van der Waals surface area contributed by atoms with Crippen LogP contribution in [0.4, 0.5) is 15.8 Å². The van der Waals surface area contributed by atoms with Gasteiger partial charge in [-0.2, -0.15) is 0 Å². The van der Waals surface area contributed by atoms with E-state index in [2.05, 4.69) is 10.2 Å².